The van der Waals surface area contributed by atoms with Gasteiger partial charge in [-0.1, -0.05) is 17.7 Å². The highest BCUT2D eigenvalue weighted by molar-refractivity contribution is 7.89. The standard InChI is InChI=1S/C16H18ClN3O3S/c1-11(12-5-4-8-18-10-12)19-16(21)14-9-13(6-7-15(14)17)24(22,23)20(2)3/h4-11H,1-3H3,(H,19,21). The molecule has 0 spiro atoms. The molecule has 0 saturated heterocycles. The first-order chi connectivity index (χ1) is 11.2. The number of pyridine rings is 1. The van der Waals surface area contributed by atoms with Crippen molar-refractivity contribution < 1.29 is 13.2 Å². The highest BCUT2D eigenvalue weighted by Crippen LogP contribution is 2.23. The molecule has 0 aliphatic heterocycles. The molecule has 1 N–H and O–H groups in total. The fourth-order valence-corrected chi connectivity index (χ4v) is 3.17. The third-order valence-electron chi connectivity index (χ3n) is 3.49. The van der Waals surface area contributed by atoms with Gasteiger partial charge in [-0.15, -0.1) is 0 Å². The topological polar surface area (TPSA) is 79.4 Å². The maximum atomic E-state index is 12.5. The molecule has 2 aromatic rings. The Morgan fingerprint density at radius 3 is 2.58 bits per heavy atom. The van der Waals surface area contributed by atoms with Gasteiger partial charge in [0.1, 0.15) is 0 Å². The van der Waals surface area contributed by atoms with Crippen LogP contribution >= 0.6 is 11.6 Å². The van der Waals surface area contributed by atoms with Gasteiger partial charge in [-0.05, 0) is 36.8 Å². The molecule has 128 valence electrons. The zero-order valence-corrected chi connectivity index (χ0v) is 15.1. The quantitative estimate of drug-likeness (QED) is 0.880. The van der Waals surface area contributed by atoms with Crippen LogP contribution in [0.4, 0.5) is 0 Å². The van der Waals surface area contributed by atoms with Gasteiger partial charge in [0.2, 0.25) is 10.0 Å². The van der Waals surface area contributed by atoms with E-state index in [1.165, 1.54) is 32.3 Å². The van der Waals surface area contributed by atoms with Crippen LogP contribution in [0, 0.1) is 0 Å². The van der Waals surface area contributed by atoms with Gasteiger partial charge in [0.05, 0.1) is 21.5 Å². The number of benzene rings is 1. The van der Waals surface area contributed by atoms with E-state index in [4.69, 9.17) is 11.6 Å². The fraction of sp³-hybridized carbons (Fsp3) is 0.250. The Balaban J connectivity index is 2.30. The van der Waals surface area contributed by atoms with Crippen molar-refractivity contribution in [2.45, 2.75) is 17.9 Å². The molecule has 0 bridgehead atoms. The van der Waals surface area contributed by atoms with Crippen molar-refractivity contribution in [3.05, 3.63) is 58.9 Å². The van der Waals surface area contributed by atoms with Gasteiger partial charge in [-0.25, -0.2) is 12.7 Å². The van der Waals surface area contributed by atoms with Crippen molar-refractivity contribution in [3.63, 3.8) is 0 Å². The summed E-state index contributed by atoms with van der Waals surface area (Å²) in [5, 5.41) is 2.97. The first-order valence-corrected chi connectivity index (χ1v) is 8.98. The second-order valence-corrected chi connectivity index (χ2v) is 7.97. The van der Waals surface area contributed by atoms with Crippen molar-refractivity contribution in [1.29, 1.82) is 0 Å². The predicted molar refractivity (Wildman–Crippen MR) is 92.4 cm³/mol. The lowest BCUT2D eigenvalue weighted by Crippen LogP contribution is -2.28. The molecular weight excluding hydrogens is 350 g/mol. The van der Waals surface area contributed by atoms with Gasteiger partial charge in [0.15, 0.2) is 0 Å². The minimum atomic E-state index is -3.65. The van der Waals surface area contributed by atoms with Crippen LogP contribution in [0.5, 0.6) is 0 Å². The maximum absolute atomic E-state index is 12.5. The zero-order valence-electron chi connectivity index (χ0n) is 13.5. The van der Waals surface area contributed by atoms with E-state index in [9.17, 15) is 13.2 Å². The molecule has 8 heteroatoms. The van der Waals surface area contributed by atoms with Crippen LogP contribution < -0.4 is 5.32 Å². The average molecular weight is 368 g/mol. The fourth-order valence-electron chi connectivity index (χ4n) is 2.04. The predicted octanol–water partition coefficient (Wildman–Crippen LogP) is 2.48. The SMILES string of the molecule is CC(NC(=O)c1cc(S(=O)(=O)N(C)C)ccc1Cl)c1cccnc1. The number of halogens is 1. The Hall–Kier alpha value is -1.96. The number of nitrogens with zero attached hydrogens (tertiary/aromatic N) is 2. The van der Waals surface area contributed by atoms with E-state index in [1.54, 1.807) is 18.5 Å². The van der Waals surface area contributed by atoms with Gasteiger partial charge in [-0.3, -0.25) is 9.78 Å². The first kappa shape index (κ1) is 18.4. The Bertz CT molecular complexity index is 839. The lowest BCUT2D eigenvalue weighted by atomic mass is 10.1. The van der Waals surface area contributed by atoms with E-state index in [0.717, 1.165) is 9.87 Å². The molecule has 6 nitrogen and oxygen atoms in total. The first-order valence-electron chi connectivity index (χ1n) is 7.16. The van der Waals surface area contributed by atoms with Gasteiger partial charge in [0.25, 0.3) is 5.91 Å². The Morgan fingerprint density at radius 2 is 2.00 bits per heavy atom. The number of carbonyl (C=O) groups is 1. The van der Waals surface area contributed by atoms with Gasteiger partial charge in [0, 0.05) is 26.5 Å². The molecule has 0 radical (unpaired) electrons. The maximum Gasteiger partial charge on any atom is 0.253 e. The van der Waals surface area contributed by atoms with Crippen molar-refractivity contribution in [2.24, 2.45) is 0 Å². The number of aromatic nitrogens is 1. The molecule has 1 amide bonds. The van der Waals surface area contributed by atoms with Gasteiger partial charge in [-0.2, -0.15) is 0 Å². The van der Waals surface area contributed by atoms with Crippen LogP contribution in [0.25, 0.3) is 0 Å². The van der Waals surface area contributed by atoms with Crippen molar-refractivity contribution in [2.75, 3.05) is 14.1 Å². The van der Waals surface area contributed by atoms with Gasteiger partial charge < -0.3 is 5.32 Å². The van der Waals surface area contributed by atoms with E-state index in [1.807, 2.05) is 13.0 Å². The summed E-state index contributed by atoms with van der Waals surface area (Å²) >= 11 is 6.07. The van der Waals surface area contributed by atoms with Crippen LogP contribution in [0.15, 0.2) is 47.6 Å². The summed E-state index contributed by atoms with van der Waals surface area (Å²) in [7, 11) is -0.796. The molecule has 2 rings (SSSR count). The Labute approximate surface area is 146 Å². The minimum absolute atomic E-state index is 0.0103. The highest BCUT2D eigenvalue weighted by atomic mass is 35.5. The molecular formula is C16H18ClN3O3S. The third kappa shape index (κ3) is 3.92. The molecule has 1 atom stereocenters. The van der Waals surface area contributed by atoms with Crippen LogP contribution in [0.2, 0.25) is 5.02 Å². The number of rotatable bonds is 5. The average Bonchev–Trinajstić information content (AvgIpc) is 2.55. The summed E-state index contributed by atoms with van der Waals surface area (Å²) in [6, 6.07) is 7.38. The second kappa shape index (κ2) is 7.29. The zero-order chi connectivity index (χ0) is 17.9. The highest BCUT2D eigenvalue weighted by Gasteiger charge is 2.21. The third-order valence-corrected chi connectivity index (χ3v) is 5.63. The minimum Gasteiger partial charge on any atom is -0.345 e. The number of carbonyl (C=O) groups excluding carboxylic acids is 1. The molecule has 0 fully saturated rings. The summed E-state index contributed by atoms with van der Waals surface area (Å²) < 4.78 is 25.5. The molecule has 1 aromatic heterocycles. The van der Waals surface area contributed by atoms with Crippen molar-refractivity contribution in [3.8, 4) is 0 Å². The van der Waals surface area contributed by atoms with Crippen molar-refractivity contribution >= 4 is 27.5 Å². The summed E-state index contributed by atoms with van der Waals surface area (Å²) in [4.78, 5) is 16.5. The lowest BCUT2D eigenvalue weighted by molar-refractivity contribution is 0.0940. The number of hydrogen-bond acceptors (Lipinski definition) is 4. The van der Waals surface area contributed by atoms with Crippen LogP contribution in [0.1, 0.15) is 28.9 Å². The number of nitrogens with one attached hydrogen (secondary N) is 1. The summed E-state index contributed by atoms with van der Waals surface area (Å²) in [5.41, 5.74) is 0.939. The smallest absolute Gasteiger partial charge is 0.253 e. The molecule has 1 unspecified atom stereocenters. The summed E-state index contributed by atoms with van der Waals surface area (Å²) in [6.07, 6.45) is 3.30. The molecule has 0 aliphatic rings. The van der Waals surface area contributed by atoms with E-state index < -0.39 is 15.9 Å². The number of hydrogen-bond donors (Lipinski definition) is 1. The second-order valence-electron chi connectivity index (χ2n) is 5.41. The number of amides is 1. The summed E-state index contributed by atoms with van der Waals surface area (Å²) in [6.45, 7) is 1.81. The molecule has 0 saturated carbocycles. The van der Waals surface area contributed by atoms with Crippen LogP contribution in [-0.4, -0.2) is 37.7 Å². The monoisotopic (exact) mass is 367 g/mol. The Kier molecular flexibility index (Phi) is 5.58. The van der Waals surface area contributed by atoms with E-state index in [-0.39, 0.29) is 21.5 Å². The molecule has 0 aliphatic carbocycles. The Morgan fingerprint density at radius 1 is 1.29 bits per heavy atom. The van der Waals surface area contributed by atoms with E-state index in [0.29, 0.717) is 0 Å². The van der Waals surface area contributed by atoms with Crippen molar-refractivity contribution in [1.82, 2.24) is 14.6 Å². The summed E-state index contributed by atoms with van der Waals surface area (Å²) in [5.74, 6) is -0.452. The lowest BCUT2D eigenvalue weighted by Gasteiger charge is -2.16. The van der Waals surface area contributed by atoms with Crippen LogP contribution in [-0.2, 0) is 10.0 Å². The van der Waals surface area contributed by atoms with Crippen LogP contribution in [0.3, 0.4) is 0 Å². The van der Waals surface area contributed by atoms with E-state index in [2.05, 4.69) is 10.3 Å². The van der Waals surface area contributed by atoms with E-state index >= 15 is 0 Å². The largest absolute Gasteiger partial charge is 0.345 e. The molecule has 1 aromatic carbocycles. The normalized spacial score (nSPS) is 12.9. The molecule has 24 heavy (non-hydrogen) atoms. The number of sulfonamides is 1. The molecule has 1 heterocycles. The van der Waals surface area contributed by atoms with Gasteiger partial charge >= 0.3 is 0 Å².